The Balaban J connectivity index is 2.27. The van der Waals surface area contributed by atoms with E-state index in [1.165, 1.54) is 32.1 Å². The van der Waals surface area contributed by atoms with E-state index < -0.39 is 11.6 Å². The van der Waals surface area contributed by atoms with E-state index in [2.05, 4.69) is 12.2 Å². The first-order chi connectivity index (χ1) is 12.1. The van der Waals surface area contributed by atoms with E-state index in [-0.39, 0.29) is 12.6 Å². The summed E-state index contributed by atoms with van der Waals surface area (Å²) in [5.41, 5.74) is -0.904. The smallest absolute Gasteiger partial charge is 0.408 e. The van der Waals surface area contributed by atoms with Gasteiger partial charge in [-0.3, -0.25) is 0 Å². The average Bonchev–Trinajstić information content (AvgIpc) is 3.07. The summed E-state index contributed by atoms with van der Waals surface area (Å²) in [6.45, 7) is 2.90. The lowest BCUT2D eigenvalue weighted by atomic mass is 9.98. The molecule has 0 aliphatic heterocycles. The number of carbonyl (C=O) groups is 2. The van der Waals surface area contributed by atoms with Gasteiger partial charge in [0, 0.05) is 5.88 Å². The van der Waals surface area contributed by atoms with Crippen molar-refractivity contribution in [3.63, 3.8) is 0 Å². The fourth-order valence-corrected chi connectivity index (χ4v) is 3.28. The standard InChI is InChI=1S/C19H34ClNO4/c1-2-3-4-5-6-7-10-15-24-17(22)19(12-8-9-13-19)21-18(23)25-16-11-14-20/h2-16H2,1H3,(H,21,23). The lowest BCUT2D eigenvalue weighted by Gasteiger charge is -2.27. The zero-order valence-electron chi connectivity index (χ0n) is 15.6. The van der Waals surface area contributed by atoms with E-state index in [0.717, 1.165) is 25.7 Å². The first kappa shape index (κ1) is 22.1. The molecule has 0 aromatic heterocycles. The molecule has 0 atom stereocenters. The molecule has 1 rings (SSSR count). The van der Waals surface area contributed by atoms with Gasteiger partial charge in [0.25, 0.3) is 0 Å². The van der Waals surface area contributed by atoms with Crippen molar-refractivity contribution in [2.45, 2.75) is 89.5 Å². The average molecular weight is 376 g/mol. The normalized spacial score (nSPS) is 15.8. The van der Waals surface area contributed by atoms with Crippen LogP contribution in [0.3, 0.4) is 0 Å². The Morgan fingerprint density at radius 2 is 1.52 bits per heavy atom. The van der Waals surface area contributed by atoms with E-state index in [1.807, 2.05) is 0 Å². The molecule has 0 heterocycles. The molecule has 25 heavy (non-hydrogen) atoms. The number of carbonyl (C=O) groups excluding carboxylic acids is 2. The second-order valence-electron chi connectivity index (χ2n) is 6.85. The highest BCUT2D eigenvalue weighted by Gasteiger charge is 2.44. The van der Waals surface area contributed by atoms with E-state index >= 15 is 0 Å². The number of unbranched alkanes of at least 4 members (excludes halogenated alkanes) is 6. The molecule has 6 heteroatoms. The fraction of sp³-hybridized carbons (Fsp3) is 0.895. The van der Waals surface area contributed by atoms with Crippen LogP contribution in [0.15, 0.2) is 0 Å². The van der Waals surface area contributed by atoms with Crippen molar-refractivity contribution in [3.05, 3.63) is 0 Å². The number of halogens is 1. The number of esters is 1. The predicted octanol–water partition coefficient (Wildman–Crippen LogP) is 4.95. The van der Waals surface area contributed by atoms with Crippen LogP contribution >= 0.6 is 11.6 Å². The van der Waals surface area contributed by atoms with Gasteiger partial charge < -0.3 is 14.8 Å². The number of hydrogen-bond acceptors (Lipinski definition) is 4. The van der Waals surface area contributed by atoms with E-state index in [1.54, 1.807) is 0 Å². The number of hydrogen-bond donors (Lipinski definition) is 1. The van der Waals surface area contributed by atoms with Crippen molar-refractivity contribution < 1.29 is 19.1 Å². The highest BCUT2D eigenvalue weighted by molar-refractivity contribution is 6.17. The molecular formula is C19H34ClNO4. The Bertz CT molecular complexity index is 384. The Hall–Kier alpha value is -0.970. The molecule has 1 aliphatic rings. The fourth-order valence-electron chi connectivity index (χ4n) is 3.17. The monoisotopic (exact) mass is 375 g/mol. The maximum atomic E-state index is 12.5. The summed E-state index contributed by atoms with van der Waals surface area (Å²) in [5, 5.41) is 2.75. The topological polar surface area (TPSA) is 64.6 Å². The van der Waals surface area contributed by atoms with E-state index in [0.29, 0.717) is 31.7 Å². The number of ether oxygens (including phenoxy) is 2. The zero-order valence-corrected chi connectivity index (χ0v) is 16.4. The van der Waals surface area contributed by atoms with Gasteiger partial charge >= 0.3 is 12.1 Å². The maximum Gasteiger partial charge on any atom is 0.408 e. The Kier molecular flexibility index (Phi) is 11.7. The third-order valence-corrected chi connectivity index (χ3v) is 4.95. The zero-order chi connectivity index (χ0) is 18.4. The summed E-state index contributed by atoms with van der Waals surface area (Å²) in [5.74, 6) is 0.129. The van der Waals surface area contributed by atoms with Gasteiger partial charge in [0.2, 0.25) is 0 Å². The van der Waals surface area contributed by atoms with Crippen LogP contribution in [0.2, 0.25) is 0 Å². The summed E-state index contributed by atoms with van der Waals surface area (Å²) < 4.78 is 10.5. The molecule has 0 bridgehead atoms. The molecule has 1 N–H and O–H groups in total. The van der Waals surface area contributed by atoms with E-state index in [4.69, 9.17) is 21.1 Å². The first-order valence-corrected chi connectivity index (χ1v) is 10.4. The number of alkyl carbamates (subject to hydrolysis) is 1. The second-order valence-corrected chi connectivity index (χ2v) is 7.23. The van der Waals surface area contributed by atoms with Crippen molar-refractivity contribution in [3.8, 4) is 0 Å². The van der Waals surface area contributed by atoms with Crippen LogP contribution in [0.5, 0.6) is 0 Å². The van der Waals surface area contributed by atoms with Gasteiger partial charge in [0.05, 0.1) is 13.2 Å². The second kappa shape index (κ2) is 13.3. The van der Waals surface area contributed by atoms with Crippen LogP contribution < -0.4 is 5.32 Å². The summed E-state index contributed by atoms with van der Waals surface area (Å²) in [7, 11) is 0. The molecule has 0 spiro atoms. The lowest BCUT2D eigenvalue weighted by molar-refractivity contribution is -0.151. The Morgan fingerprint density at radius 1 is 0.920 bits per heavy atom. The molecule has 1 amide bonds. The lowest BCUT2D eigenvalue weighted by Crippen LogP contribution is -2.53. The first-order valence-electron chi connectivity index (χ1n) is 9.83. The summed E-state index contributed by atoms with van der Waals surface area (Å²) in [6, 6.07) is 0. The number of rotatable bonds is 13. The third kappa shape index (κ3) is 8.80. The Morgan fingerprint density at radius 3 is 2.16 bits per heavy atom. The van der Waals surface area contributed by atoms with Gasteiger partial charge in [-0.15, -0.1) is 11.6 Å². The molecule has 0 radical (unpaired) electrons. The van der Waals surface area contributed by atoms with Crippen molar-refractivity contribution in [1.29, 1.82) is 0 Å². The molecule has 0 saturated heterocycles. The maximum absolute atomic E-state index is 12.5. The van der Waals surface area contributed by atoms with Gasteiger partial charge in [-0.05, 0) is 25.7 Å². The number of amides is 1. The minimum atomic E-state index is -0.904. The largest absolute Gasteiger partial charge is 0.464 e. The molecule has 5 nitrogen and oxygen atoms in total. The molecule has 146 valence electrons. The molecule has 0 aromatic rings. The minimum absolute atomic E-state index is 0.262. The van der Waals surface area contributed by atoms with Gasteiger partial charge in [-0.25, -0.2) is 9.59 Å². The number of alkyl halides is 1. The van der Waals surface area contributed by atoms with Crippen molar-refractivity contribution in [1.82, 2.24) is 5.32 Å². The Labute approximate surface area is 157 Å². The quantitative estimate of drug-likeness (QED) is 0.281. The van der Waals surface area contributed by atoms with Crippen LogP contribution in [-0.2, 0) is 14.3 Å². The molecule has 0 unspecified atom stereocenters. The van der Waals surface area contributed by atoms with Crippen LogP contribution in [0.4, 0.5) is 4.79 Å². The molecular weight excluding hydrogens is 342 g/mol. The van der Waals surface area contributed by atoms with Gasteiger partial charge in [-0.2, -0.15) is 0 Å². The van der Waals surface area contributed by atoms with Crippen molar-refractivity contribution >= 4 is 23.7 Å². The SMILES string of the molecule is CCCCCCCCCOC(=O)C1(NC(=O)OCCCCl)CCCC1. The van der Waals surface area contributed by atoms with Gasteiger partial charge in [0.15, 0.2) is 0 Å². The third-order valence-electron chi connectivity index (χ3n) is 4.68. The summed E-state index contributed by atoms with van der Waals surface area (Å²) >= 11 is 5.57. The predicted molar refractivity (Wildman–Crippen MR) is 100.0 cm³/mol. The van der Waals surface area contributed by atoms with E-state index in [9.17, 15) is 9.59 Å². The summed E-state index contributed by atoms with van der Waals surface area (Å²) in [4.78, 5) is 24.4. The van der Waals surface area contributed by atoms with Crippen LogP contribution in [-0.4, -0.2) is 36.7 Å². The van der Waals surface area contributed by atoms with Crippen molar-refractivity contribution in [2.24, 2.45) is 0 Å². The molecule has 1 fully saturated rings. The van der Waals surface area contributed by atoms with Gasteiger partial charge in [0.1, 0.15) is 5.54 Å². The van der Waals surface area contributed by atoms with Crippen LogP contribution in [0.1, 0.15) is 84.0 Å². The van der Waals surface area contributed by atoms with Crippen LogP contribution in [0.25, 0.3) is 0 Å². The molecule has 0 aromatic carbocycles. The van der Waals surface area contributed by atoms with Gasteiger partial charge in [-0.1, -0.05) is 58.3 Å². The highest BCUT2D eigenvalue weighted by atomic mass is 35.5. The minimum Gasteiger partial charge on any atom is -0.464 e. The summed E-state index contributed by atoms with van der Waals surface area (Å²) in [6.07, 6.45) is 11.3. The van der Waals surface area contributed by atoms with Crippen LogP contribution in [0, 0.1) is 0 Å². The number of nitrogens with one attached hydrogen (secondary N) is 1. The molecule has 1 aliphatic carbocycles. The molecule has 1 saturated carbocycles. The highest BCUT2D eigenvalue weighted by Crippen LogP contribution is 2.31. The van der Waals surface area contributed by atoms with Crippen molar-refractivity contribution in [2.75, 3.05) is 19.1 Å².